The average Bonchev–Trinajstić information content (AvgIpc) is 3.49. The summed E-state index contributed by atoms with van der Waals surface area (Å²) in [6, 6.07) is 71.7. The molecule has 0 spiro atoms. The van der Waals surface area contributed by atoms with E-state index < -0.39 is 17.7 Å². The number of ketones is 1. The Morgan fingerprint density at radius 3 is 1.12 bits per heavy atom. The van der Waals surface area contributed by atoms with E-state index in [1.54, 1.807) is 54.6 Å². The number of nitrogen functional groups attached to an aromatic ring is 2. The molecule has 77 heavy (non-hydrogen) atoms. The van der Waals surface area contributed by atoms with Gasteiger partial charge in [0.05, 0.1) is 22.8 Å². The van der Waals surface area contributed by atoms with Crippen LogP contribution in [0.2, 0.25) is 5.15 Å². The Bertz CT molecular complexity index is 3280. The monoisotopic (exact) mass is 1040 g/mol. The van der Waals surface area contributed by atoms with Gasteiger partial charge in [-0.2, -0.15) is 5.10 Å². The molecule has 0 amide bonds. The van der Waals surface area contributed by atoms with Crippen LogP contribution >= 0.6 is 11.6 Å². The summed E-state index contributed by atoms with van der Waals surface area (Å²) in [5.74, 6) is 3.34. The zero-order valence-corrected chi connectivity index (χ0v) is 41.8. The average molecular weight is 1040 g/mol. The number of aromatic nitrogens is 8. The van der Waals surface area contributed by atoms with Gasteiger partial charge >= 0.3 is 11.9 Å². The molecule has 0 aliphatic carbocycles. The number of anilines is 3. The molecular formula is C58H50ClN13O5. The molecule has 6 aromatic carbocycles. The van der Waals surface area contributed by atoms with Crippen LogP contribution in [-0.4, -0.2) is 74.4 Å². The molecule has 0 aliphatic heterocycles. The normalized spacial score (nSPS) is 10.2. The van der Waals surface area contributed by atoms with Gasteiger partial charge in [-0.3, -0.25) is 10.2 Å². The molecule has 0 bridgehead atoms. The summed E-state index contributed by atoms with van der Waals surface area (Å²) in [7, 11) is 0. The highest BCUT2D eigenvalue weighted by Gasteiger charge is 2.12. The van der Waals surface area contributed by atoms with Crippen molar-refractivity contribution in [3.05, 3.63) is 247 Å². The van der Waals surface area contributed by atoms with E-state index in [4.69, 9.17) is 28.3 Å². The van der Waals surface area contributed by atoms with Crippen LogP contribution in [0.1, 0.15) is 11.1 Å². The lowest BCUT2D eigenvalue weighted by atomic mass is 10.1. The number of hydrazone groups is 1. The number of nitrogens with zero attached hydrogens (tertiary/aromatic N) is 9. The number of benzene rings is 6. The minimum Gasteiger partial charge on any atom is -0.477 e. The van der Waals surface area contributed by atoms with Crippen molar-refractivity contribution < 1.29 is 24.6 Å². The van der Waals surface area contributed by atoms with Crippen molar-refractivity contribution in [1.82, 2.24) is 40.8 Å². The number of carboxylic acids is 2. The molecule has 384 valence electrons. The van der Waals surface area contributed by atoms with Crippen molar-refractivity contribution in [3.8, 4) is 45.0 Å². The Labute approximate surface area is 448 Å². The van der Waals surface area contributed by atoms with E-state index in [0.29, 0.717) is 22.6 Å². The molecule has 18 nitrogen and oxygen atoms in total. The van der Waals surface area contributed by atoms with Crippen molar-refractivity contribution in [2.75, 3.05) is 16.6 Å². The third-order valence-electron chi connectivity index (χ3n) is 10.3. The van der Waals surface area contributed by atoms with Crippen LogP contribution in [0.5, 0.6) is 0 Å². The number of carbonyl (C=O) groups is 3. The molecule has 0 aliphatic rings. The fourth-order valence-corrected chi connectivity index (χ4v) is 6.55. The number of hydrogen-bond donors (Lipinski definition) is 6. The molecule has 4 aromatic heterocycles. The van der Waals surface area contributed by atoms with E-state index in [0.717, 1.165) is 56.2 Å². The number of nitrogens with one attached hydrogen (secondary N) is 2. The summed E-state index contributed by atoms with van der Waals surface area (Å²) in [6.45, 7) is 0. The zero-order valence-electron chi connectivity index (χ0n) is 41.0. The highest BCUT2D eigenvalue weighted by molar-refractivity contribution is 6.36. The summed E-state index contributed by atoms with van der Waals surface area (Å²) < 4.78 is 0. The number of rotatable bonds is 13. The van der Waals surface area contributed by atoms with Gasteiger partial charge in [-0.15, -0.1) is 40.8 Å². The lowest BCUT2D eigenvalue weighted by molar-refractivity contribution is -0.148. The Balaban J connectivity index is 0.000000162. The van der Waals surface area contributed by atoms with Crippen molar-refractivity contribution in [2.24, 2.45) is 10.9 Å². The summed E-state index contributed by atoms with van der Waals surface area (Å²) in [5, 5.41) is 53.5. The van der Waals surface area contributed by atoms with Crippen LogP contribution in [-0.2, 0) is 27.2 Å². The van der Waals surface area contributed by atoms with Crippen molar-refractivity contribution in [3.63, 3.8) is 0 Å². The number of Topliss-reactive ketones (excluding diaryl/α,β-unsaturated/α-hetero) is 1. The maximum atomic E-state index is 11.4. The smallest absolute Gasteiger partial charge is 0.372 e. The predicted octanol–water partition coefficient (Wildman–Crippen LogP) is 10.1. The maximum absolute atomic E-state index is 11.4. The number of carbonyl (C=O) groups excluding carboxylic acids is 1. The first-order chi connectivity index (χ1) is 37.5. The van der Waals surface area contributed by atoms with Crippen LogP contribution in [0.4, 0.5) is 17.5 Å². The first kappa shape index (κ1) is 55.9. The van der Waals surface area contributed by atoms with Crippen molar-refractivity contribution in [1.29, 1.82) is 0 Å². The number of hydrogen-bond acceptors (Lipinski definition) is 16. The lowest BCUT2D eigenvalue weighted by Crippen LogP contribution is -2.18. The third kappa shape index (κ3) is 19.5. The summed E-state index contributed by atoms with van der Waals surface area (Å²) in [5.41, 5.74) is 19.5. The van der Waals surface area contributed by atoms with E-state index in [2.05, 4.69) is 56.7 Å². The van der Waals surface area contributed by atoms with Gasteiger partial charge in [0, 0.05) is 35.1 Å². The van der Waals surface area contributed by atoms with Gasteiger partial charge in [-0.1, -0.05) is 194 Å². The van der Waals surface area contributed by atoms with Gasteiger partial charge in [0.2, 0.25) is 5.78 Å². The van der Waals surface area contributed by atoms with Crippen LogP contribution in [0.3, 0.4) is 0 Å². The molecule has 0 saturated heterocycles. The molecule has 0 fully saturated rings. The zero-order chi connectivity index (χ0) is 54.5. The summed E-state index contributed by atoms with van der Waals surface area (Å²) >= 11 is 5.63. The van der Waals surface area contributed by atoms with E-state index in [1.807, 2.05) is 176 Å². The third-order valence-corrected chi connectivity index (χ3v) is 10.5. The molecule has 0 radical (unpaired) electrons. The largest absolute Gasteiger partial charge is 0.477 e. The van der Waals surface area contributed by atoms with E-state index in [9.17, 15) is 19.5 Å². The molecule has 0 unspecified atom stereocenters. The van der Waals surface area contributed by atoms with Crippen molar-refractivity contribution in [2.45, 2.75) is 12.8 Å². The van der Waals surface area contributed by atoms with Crippen LogP contribution < -0.4 is 22.4 Å². The van der Waals surface area contributed by atoms with Gasteiger partial charge in [0.1, 0.15) is 11.5 Å². The Hall–Kier alpha value is -10.4. The molecule has 19 heteroatoms. The molecule has 10 rings (SSSR count). The fourth-order valence-electron chi connectivity index (χ4n) is 6.45. The molecule has 0 atom stereocenters. The number of halogens is 1. The standard InChI is InChI=1S/C19H16N4O2.C10H7ClN2.C10H10N4.C10H9N3.C9H8O3/c24-19(25)17(13-14-7-3-1-4-8-14)21-23-18-12-11-16(20-22-18)15-9-5-2-6-10-15;11-10-7-6-9(12-13-10)8-4-2-1-3-5-8;11-12-10-7-6-9(13-14-10)8-4-2-1-3-5-8;11-10-7-6-9(12-13-10)8-4-2-1-3-5-8;10-8(9(11)12)6-7-4-2-1-3-5-7/h1-12H,13H2,(H,22,23)(H,24,25);1-7H;1-7H,11H2,(H,12,14);1-7H,(H2,11,13);1-5H,6H2,(H,11,12)/b21-17+;;;;. The number of aliphatic carboxylic acids is 2. The maximum Gasteiger partial charge on any atom is 0.372 e. The van der Waals surface area contributed by atoms with Gasteiger partial charge in [0.25, 0.3) is 0 Å². The molecule has 4 heterocycles. The number of hydrazine groups is 1. The van der Waals surface area contributed by atoms with Gasteiger partial charge in [0.15, 0.2) is 16.8 Å². The highest BCUT2D eigenvalue weighted by atomic mass is 35.5. The van der Waals surface area contributed by atoms with E-state index in [-0.39, 0.29) is 18.6 Å². The lowest BCUT2D eigenvalue weighted by Gasteiger charge is -2.04. The molecule has 0 saturated carbocycles. The SMILES string of the molecule is Clc1ccc(-c2ccccc2)nn1.NNc1ccc(-c2ccccc2)nn1.Nc1ccc(-c2ccccc2)nn1.O=C(O)/C(Cc1ccccc1)=N/Nc1ccc(-c2ccccc2)nn1.O=C(O)C(=O)Cc1ccccc1. The second-order valence-corrected chi connectivity index (χ2v) is 16.2. The Morgan fingerprint density at radius 1 is 0.416 bits per heavy atom. The number of nitrogens with two attached hydrogens (primary N) is 2. The van der Waals surface area contributed by atoms with Gasteiger partial charge < -0.3 is 21.4 Å². The van der Waals surface area contributed by atoms with E-state index >= 15 is 0 Å². The van der Waals surface area contributed by atoms with Gasteiger partial charge in [-0.25, -0.2) is 15.4 Å². The second-order valence-electron chi connectivity index (χ2n) is 15.8. The minimum atomic E-state index is -1.38. The fraction of sp³-hybridized carbons (Fsp3) is 0.0345. The topological polar surface area (TPSA) is 283 Å². The predicted molar refractivity (Wildman–Crippen MR) is 299 cm³/mol. The summed E-state index contributed by atoms with van der Waals surface area (Å²) in [4.78, 5) is 32.2. The first-order valence-corrected chi connectivity index (χ1v) is 23.8. The second kappa shape index (κ2) is 30.6. The van der Waals surface area contributed by atoms with Crippen LogP contribution in [0.15, 0.2) is 236 Å². The molecular weight excluding hydrogens is 994 g/mol. The quantitative estimate of drug-likeness (QED) is 0.0271. The van der Waals surface area contributed by atoms with Gasteiger partial charge in [-0.05, 0) is 59.7 Å². The van der Waals surface area contributed by atoms with Crippen molar-refractivity contribution >= 4 is 52.5 Å². The number of carboxylic acid groups (broad SMARTS) is 2. The Kier molecular flexibility index (Phi) is 22.2. The highest BCUT2D eigenvalue weighted by Crippen LogP contribution is 2.19. The van der Waals surface area contributed by atoms with E-state index in [1.165, 1.54) is 0 Å². The summed E-state index contributed by atoms with van der Waals surface area (Å²) in [6.07, 6.45) is 0.189. The Morgan fingerprint density at radius 2 is 0.779 bits per heavy atom. The molecule has 8 N–H and O–H groups in total. The molecule has 10 aromatic rings. The van der Waals surface area contributed by atoms with Crippen LogP contribution in [0, 0.1) is 0 Å². The minimum absolute atomic E-state index is 0.000126. The van der Waals surface area contributed by atoms with Crippen LogP contribution in [0.25, 0.3) is 45.0 Å². The first-order valence-electron chi connectivity index (χ1n) is 23.4.